The molecule has 4 atom stereocenters. The van der Waals surface area contributed by atoms with Crippen molar-refractivity contribution in [1.29, 1.82) is 0 Å². The Labute approximate surface area is 167 Å². The third-order valence-electron chi connectivity index (χ3n) is 5.22. The minimum Gasteiger partial charge on any atom is -0.394 e. The van der Waals surface area contributed by atoms with Crippen molar-refractivity contribution in [3.8, 4) is 11.8 Å². The summed E-state index contributed by atoms with van der Waals surface area (Å²) in [4.78, 5) is 8.33. The smallest absolute Gasteiger partial charge is 0.167 e. The highest BCUT2D eigenvalue weighted by Crippen LogP contribution is 2.40. The third-order valence-corrected chi connectivity index (χ3v) is 5.22. The van der Waals surface area contributed by atoms with Crippen LogP contribution in [0.4, 0.5) is 5.82 Å². The molecule has 3 heterocycles. The van der Waals surface area contributed by atoms with E-state index >= 15 is 0 Å². The Morgan fingerprint density at radius 1 is 1.24 bits per heavy atom. The first-order chi connectivity index (χ1) is 13.8. The molecule has 1 aliphatic heterocycles. The van der Waals surface area contributed by atoms with Crippen molar-refractivity contribution in [3.05, 3.63) is 53.5 Å². The van der Waals surface area contributed by atoms with E-state index in [1.54, 1.807) is 10.8 Å². The van der Waals surface area contributed by atoms with E-state index in [2.05, 4.69) is 21.8 Å². The number of fused-ring (bicyclic) bond motifs is 1. The summed E-state index contributed by atoms with van der Waals surface area (Å²) in [6, 6.07) is 7.80. The standard InChI is InChI=1S/C21H22N4O4/c1-12-3-5-13(6-4-12)7-8-14-9-25(19-16(14)18(22)23-11-24-19)20-21(2,28)17(27)15(10-26)29-20/h3-6,9,11,15,17,20,26-28H,10H2,1-2H3,(H2,22,23,24)/t15?,17?,20?,21-/m1/s1. The Hall–Kier alpha value is -2.96. The number of nitrogen functional groups attached to an aromatic ring is 1. The second-order valence-electron chi connectivity index (χ2n) is 7.40. The molecule has 3 aromatic rings. The van der Waals surface area contributed by atoms with Crippen LogP contribution in [0.25, 0.3) is 11.0 Å². The van der Waals surface area contributed by atoms with Gasteiger partial charge in [-0.3, -0.25) is 0 Å². The van der Waals surface area contributed by atoms with Gasteiger partial charge < -0.3 is 30.4 Å². The molecule has 0 aliphatic carbocycles. The fraction of sp³-hybridized carbons (Fsp3) is 0.333. The van der Waals surface area contributed by atoms with Gasteiger partial charge in [0.25, 0.3) is 0 Å². The van der Waals surface area contributed by atoms with E-state index in [9.17, 15) is 15.3 Å². The molecule has 4 rings (SSSR count). The van der Waals surface area contributed by atoms with Gasteiger partial charge in [0.2, 0.25) is 0 Å². The van der Waals surface area contributed by atoms with Gasteiger partial charge in [0, 0.05) is 11.8 Å². The van der Waals surface area contributed by atoms with E-state index in [0.29, 0.717) is 16.6 Å². The molecule has 150 valence electrons. The zero-order chi connectivity index (χ0) is 20.8. The summed E-state index contributed by atoms with van der Waals surface area (Å²) in [5.74, 6) is 6.43. The van der Waals surface area contributed by atoms with Gasteiger partial charge >= 0.3 is 0 Å². The average Bonchev–Trinajstić information content (AvgIpc) is 3.17. The van der Waals surface area contributed by atoms with E-state index in [0.717, 1.165) is 11.1 Å². The Kier molecular flexibility index (Phi) is 4.76. The lowest BCUT2D eigenvalue weighted by atomic mass is 9.96. The fourth-order valence-corrected chi connectivity index (χ4v) is 3.55. The zero-order valence-corrected chi connectivity index (χ0v) is 16.1. The van der Waals surface area contributed by atoms with Crippen molar-refractivity contribution in [3.63, 3.8) is 0 Å². The van der Waals surface area contributed by atoms with Crippen molar-refractivity contribution >= 4 is 16.9 Å². The summed E-state index contributed by atoms with van der Waals surface area (Å²) in [7, 11) is 0. The van der Waals surface area contributed by atoms with Crippen LogP contribution >= 0.6 is 0 Å². The first kappa shape index (κ1) is 19.4. The number of aryl methyl sites for hydroxylation is 1. The van der Waals surface area contributed by atoms with Crippen LogP contribution in [0, 0.1) is 18.8 Å². The highest BCUT2D eigenvalue weighted by molar-refractivity contribution is 5.92. The minimum absolute atomic E-state index is 0.249. The number of hydrogen-bond donors (Lipinski definition) is 4. The van der Waals surface area contributed by atoms with E-state index in [-0.39, 0.29) is 5.82 Å². The second-order valence-corrected chi connectivity index (χ2v) is 7.40. The van der Waals surface area contributed by atoms with Crippen LogP contribution in [0.15, 0.2) is 36.8 Å². The molecular weight excluding hydrogens is 372 g/mol. The molecule has 5 N–H and O–H groups in total. The number of aromatic nitrogens is 3. The van der Waals surface area contributed by atoms with Gasteiger partial charge in [0.15, 0.2) is 6.23 Å². The molecule has 2 aromatic heterocycles. The van der Waals surface area contributed by atoms with Crippen LogP contribution in [0.1, 0.15) is 29.8 Å². The topological polar surface area (TPSA) is 127 Å². The molecule has 3 unspecified atom stereocenters. The molecule has 1 aliphatic rings. The summed E-state index contributed by atoms with van der Waals surface area (Å²) < 4.78 is 7.30. The van der Waals surface area contributed by atoms with E-state index in [1.807, 2.05) is 31.2 Å². The first-order valence-corrected chi connectivity index (χ1v) is 9.19. The number of anilines is 1. The summed E-state index contributed by atoms with van der Waals surface area (Å²) in [5.41, 5.74) is 7.40. The maximum atomic E-state index is 10.8. The SMILES string of the molecule is Cc1ccc(C#Cc2cn(C3OC(CO)C(O)[C@@]3(C)O)c3ncnc(N)c23)cc1. The Morgan fingerprint density at radius 2 is 1.97 bits per heavy atom. The number of benzene rings is 1. The number of ether oxygens (including phenoxy) is 1. The predicted octanol–water partition coefficient (Wildman–Crippen LogP) is 0.723. The fourth-order valence-electron chi connectivity index (χ4n) is 3.55. The average molecular weight is 394 g/mol. The molecule has 0 radical (unpaired) electrons. The molecule has 1 fully saturated rings. The van der Waals surface area contributed by atoms with Gasteiger partial charge in [-0.15, -0.1) is 0 Å². The van der Waals surface area contributed by atoms with Crippen LogP contribution in [-0.4, -0.2) is 54.3 Å². The first-order valence-electron chi connectivity index (χ1n) is 9.19. The van der Waals surface area contributed by atoms with Gasteiger partial charge in [-0.05, 0) is 26.0 Å². The van der Waals surface area contributed by atoms with Gasteiger partial charge in [0.1, 0.15) is 35.6 Å². The van der Waals surface area contributed by atoms with Crippen molar-refractivity contribution in [2.24, 2.45) is 0 Å². The van der Waals surface area contributed by atoms with Gasteiger partial charge in [-0.25, -0.2) is 9.97 Å². The predicted molar refractivity (Wildman–Crippen MR) is 107 cm³/mol. The molecule has 8 nitrogen and oxygen atoms in total. The maximum absolute atomic E-state index is 10.8. The normalized spacial score (nSPS) is 26.4. The van der Waals surface area contributed by atoms with E-state index in [1.165, 1.54) is 13.3 Å². The largest absolute Gasteiger partial charge is 0.394 e. The van der Waals surface area contributed by atoms with Crippen LogP contribution in [-0.2, 0) is 4.74 Å². The van der Waals surface area contributed by atoms with Crippen LogP contribution in [0.3, 0.4) is 0 Å². The number of nitrogens with zero attached hydrogens (tertiary/aromatic N) is 3. The van der Waals surface area contributed by atoms with Crippen molar-refractivity contribution in [1.82, 2.24) is 14.5 Å². The monoisotopic (exact) mass is 394 g/mol. The molecule has 1 saturated heterocycles. The van der Waals surface area contributed by atoms with Crippen molar-refractivity contribution in [2.45, 2.75) is 37.9 Å². The summed E-state index contributed by atoms with van der Waals surface area (Å²) in [5, 5.41) is 31.1. The molecule has 0 amide bonds. The summed E-state index contributed by atoms with van der Waals surface area (Å²) in [6.45, 7) is 3.03. The summed E-state index contributed by atoms with van der Waals surface area (Å²) in [6.07, 6.45) is -0.191. The Balaban J connectivity index is 1.84. The van der Waals surface area contributed by atoms with E-state index < -0.39 is 30.6 Å². The van der Waals surface area contributed by atoms with Gasteiger partial charge in [-0.1, -0.05) is 29.5 Å². The molecule has 0 saturated carbocycles. The summed E-state index contributed by atoms with van der Waals surface area (Å²) >= 11 is 0. The third kappa shape index (κ3) is 3.24. The number of aliphatic hydroxyl groups excluding tert-OH is 2. The van der Waals surface area contributed by atoms with E-state index in [4.69, 9.17) is 10.5 Å². The van der Waals surface area contributed by atoms with Gasteiger partial charge in [-0.2, -0.15) is 0 Å². The number of hydrogen-bond acceptors (Lipinski definition) is 7. The van der Waals surface area contributed by atoms with Crippen LogP contribution in [0.2, 0.25) is 0 Å². The molecular formula is C21H22N4O4. The lowest BCUT2D eigenvalue weighted by Gasteiger charge is -2.27. The zero-order valence-electron chi connectivity index (χ0n) is 16.1. The number of rotatable bonds is 2. The highest BCUT2D eigenvalue weighted by atomic mass is 16.6. The van der Waals surface area contributed by atoms with Gasteiger partial charge in [0.05, 0.1) is 17.6 Å². The van der Waals surface area contributed by atoms with Crippen molar-refractivity contribution < 1.29 is 20.1 Å². The molecule has 29 heavy (non-hydrogen) atoms. The molecule has 1 aromatic carbocycles. The Bertz CT molecular complexity index is 1110. The van der Waals surface area contributed by atoms with Crippen LogP contribution < -0.4 is 5.73 Å². The maximum Gasteiger partial charge on any atom is 0.167 e. The quantitative estimate of drug-likeness (QED) is 0.472. The lowest BCUT2D eigenvalue weighted by Crippen LogP contribution is -2.44. The number of aliphatic hydroxyl groups is 3. The second kappa shape index (κ2) is 7.13. The minimum atomic E-state index is -1.65. The molecule has 8 heteroatoms. The number of nitrogens with two attached hydrogens (primary N) is 1. The highest BCUT2D eigenvalue weighted by Gasteiger charge is 2.53. The molecule has 0 bridgehead atoms. The Morgan fingerprint density at radius 3 is 2.62 bits per heavy atom. The van der Waals surface area contributed by atoms with Crippen LogP contribution in [0.5, 0.6) is 0 Å². The van der Waals surface area contributed by atoms with Crippen molar-refractivity contribution in [2.75, 3.05) is 12.3 Å². The lowest BCUT2D eigenvalue weighted by molar-refractivity contribution is -0.0948. The molecule has 0 spiro atoms.